The molecule has 4 nitrogen and oxygen atoms in total. The highest BCUT2D eigenvalue weighted by atomic mass is 19.1. The van der Waals surface area contributed by atoms with Crippen molar-refractivity contribution in [3.63, 3.8) is 0 Å². The van der Waals surface area contributed by atoms with Crippen LogP contribution in [-0.4, -0.2) is 20.1 Å². The number of carbonyl (C=O) groups is 1. The quantitative estimate of drug-likeness (QED) is 0.833. The van der Waals surface area contributed by atoms with E-state index in [0.29, 0.717) is 18.0 Å². The monoisotopic (exact) mass is 315 g/mol. The third-order valence-electron chi connectivity index (χ3n) is 3.24. The van der Waals surface area contributed by atoms with Crippen molar-refractivity contribution in [1.82, 2.24) is 5.32 Å². The average molecular weight is 315 g/mol. The molecule has 0 saturated heterocycles. The maximum Gasteiger partial charge on any atom is 0.244 e. The van der Waals surface area contributed by atoms with Crippen LogP contribution in [0, 0.1) is 5.82 Å². The summed E-state index contributed by atoms with van der Waals surface area (Å²) < 4.78 is 23.2. The Balaban J connectivity index is 1.95. The van der Waals surface area contributed by atoms with Gasteiger partial charge in [0.05, 0.1) is 14.2 Å². The summed E-state index contributed by atoms with van der Waals surface area (Å²) in [4.78, 5) is 11.8. The van der Waals surface area contributed by atoms with E-state index in [4.69, 9.17) is 9.47 Å². The van der Waals surface area contributed by atoms with Gasteiger partial charge in [0, 0.05) is 24.3 Å². The smallest absolute Gasteiger partial charge is 0.244 e. The van der Waals surface area contributed by atoms with Crippen molar-refractivity contribution in [1.29, 1.82) is 0 Å². The predicted molar refractivity (Wildman–Crippen MR) is 86.8 cm³/mol. The SMILES string of the molecule is COc1ccc(CNC(=O)/C=C/c2ccc(F)cc2)c(OC)c1. The van der Waals surface area contributed by atoms with Crippen molar-refractivity contribution in [3.8, 4) is 11.5 Å². The largest absolute Gasteiger partial charge is 0.497 e. The summed E-state index contributed by atoms with van der Waals surface area (Å²) in [5.74, 6) is 0.783. The van der Waals surface area contributed by atoms with E-state index in [9.17, 15) is 9.18 Å². The van der Waals surface area contributed by atoms with Crippen LogP contribution in [0.2, 0.25) is 0 Å². The van der Waals surface area contributed by atoms with Crippen LogP contribution in [0.5, 0.6) is 11.5 Å². The molecule has 5 heteroatoms. The van der Waals surface area contributed by atoms with Crippen LogP contribution in [0.1, 0.15) is 11.1 Å². The van der Waals surface area contributed by atoms with Crippen LogP contribution in [0.4, 0.5) is 4.39 Å². The molecule has 1 N–H and O–H groups in total. The Labute approximate surface area is 134 Å². The van der Waals surface area contributed by atoms with Crippen molar-refractivity contribution in [2.45, 2.75) is 6.54 Å². The molecule has 0 aliphatic carbocycles. The fourth-order valence-corrected chi connectivity index (χ4v) is 1.98. The van der Waals surface area contributed by atoms with Gasteiger partial charge >= 0.3 is 0 Å². The van der Waals surface area contributed by atoms with Gasteiger partial charge in [-0.15, -0.1) is 0 Å². The molecule has 0 unspecified atom stereocenters. The topological polar surface area (TPSA) is 47.6 Å². The molecule has 0 fully saturated rings. The molecule has 23 heavy (non-hydrogen) atoms. The maximum atomic E-state index is 12.8. The molecule has 0 bridgehead atoms. The van der Waals surface area contributed by atoms with Gasteiger partial charge in [0.15, 0.2) is 0 Å². The first-order chi connectivity index (χ1) is 11.1. The number of carbonyl (C=O) groups excluding carboxylic acids is 1. The van der Waals surface area contributed by atoms with E-state index in [1.54, 1.807) is 44.6 Å². The highest BCUT2D eigenvalue weighted by Crippen LogP contribution is 2.24. The Kier molecular flexibility index (Phi) is 5.74. The minimum Gasteiger partial charge on any atom is -0.497 e. The fourth-order valence-electron chi connectivity index (χ4n) is 1.98. The van der Waals surface area contributed by atoms with Gasteiger partial charge in [0.1, 0.15) is 17.3 Å². The number of amides is 1. The Bertz CT molecular complexity index is 696. The minimum atomic E-state index is -0.307. The maximum absolute atomic E-state index is 12.8. The average Bonchev–Trinajstić information content (AvgIpc) is 2.59. The van der Waals surface area contributed by atoms with Crippen LogP contribution in [-0.2, 0) is 11.3 Å². The second-order valence-corrected chi connectivity index (χ2v) is 4.78. The van der Waals surface area contributed by atoms with Gasteiger partial charge in [0.2, 0.25) is 5.91 Å². The van der Waals surface area contributed by atoms with E-state index >= 15 is 0 Å². The van der Waals surface area contributed by atoms with Gasteiger partial charge in [-0.1, -0.05) is 12.1 Å². The van der Waals surface area contributed by atoms with E-state index in [1.807, 2.05) is 6.07 Å². The molecular formula is C18H18FNO3. The number of rotatable bonds is 6. The highest BCUT2D eigenvalue weighted by molar-refractivity contribution is 5.91. The third-order valence-corrected chi connectivity index (χ3v) is 3.24. The summed E-state index contributed by atoms with van der Waals surface area (Å²) >= 11 is 0. The number of benzene rings is 2. The fraction of sp³-hybridized carbons (Fsp3) is 0.167. The summed E-state index contributed by atoms with van der Waals surface area (Å²) in [6.45, 7) is 0.333. The van der Waals surface area contributed by atoms with E-state index < -0.39 is 0 Å². The number of halogens is 1. The molecule has 120 valence electrons. The third kappa shape index (κ3) is 4.85. The van der Waals surface area contributed by atoms with Crippen molar-refractivity contribution in [3.05, 3.63) is 65.5 Å². The lowest BCUT2D eigenvalue weighted by Gasteiger charge is -2.10. The Morgan fingerprint density at radius 1 is 1.13 bits per heavy atom. The molecule has 0 atom stereocenters. The lowest BCUT2D eigenvalue weighted by atomic mass is 10.2. The van der Waals surface area contributed by atoms with E-state index in [-0.39, 0.29) is 11.7 Å². The van der Waals surface area contributed by atoms with E-state index in [1.165, 1.54) is 18.2 Å². The number of hydrogen-bond acceptors (Lipinski definition) is 3. The zero-order chi connectivity index (χ0) is 16.7. The van der Waals surface area contributed by atoms with Gasteiger partial charge in [0.25, 0.3) is 0 Å². The van der Waals surface area contributed by atoms with Gasteiger partial charge in [-0.2, -0.15) is 0 Å². The predicted octanol–water partition coefficient (Wildman–Crippen LogP) is 3.17. The number of hydrogen-bond donors (Lipinski definition) is 1. The first-order valence-corrected chi connectivity index (χ1v) is 7.05. The van der Waals surface area contributed by atoms with Crippen LogP contribution >= 0.6 is 0 Å². The summed E-state index contributed by atoms with van der Waals surface area (Å²) in [7, 11) is 3.14. The molecule has 0 saturated carbocycles. The summed E-state index contributed by atoms with van der Waals surface area (Å²) in [5, 5.41) is 2.77. The molecule has 0 heterocycles. The standard InChI is InChI=1S/C18H18FNO3/c1-22-16-9-6-14(17(11-16)23-2)12-20-18(21)10-5-13-3-7-15(19)8-4-13/h3-11H,12H2,1-2H3,(H,20,21)/b10-5+. The first-order valence-electron chi connectivity index (χ1n) is 7.05. The summed E-state index contributed by atoms with van der Waals surface area (Å²) in [6, 6.07) is 11.3. The molecule has 2 rings (SSSR count). The molecule has 0 aromatic heterocycles. The number of methoxy groups -OCH3 is 2. The zero-order valence-electron chi connectivity index (χ0n) is 13.0. The first kappa shape index (κ1) is 16.5. The lowest BCUT2D eigenvalue weighted by molar-refractivity contribution is -0.116. The second kappa shape index (κ2) is 7.98. The Hall–Kier alpha value is -2.82. The molecule has 2 aromatic carbocycles. The summed E-state index contributed by atoms with van der Waals surface area (Å²) in [5.41, 5.74) is 1.60. The number of nitrogens with one attached hydrogen (secondary N) is 1. The van der Waals surface area contributed by atoms with Gasteiger partial charge in [-0.3, -0.25) is 4.79 Å². The normalized spacial score (nSPS) is 10.6. The van der Waals surface area contributed by atoms with Crippen molar-refractivity contribution < 1.29 is 18.7 Å². The van der Waals surface area contributed by atoms with Crippen molar-refractivity contribution in [2.75, 3.05) is 14.2 Å². The Morgan fingerprint density at radius 2 is 1.87 bits per heavy atom. The molecule has 1 amide bonds. The van der Waals surface area contributed by atoms with Crippen molar-refractivity contribution in [2.24, 2.45) is 0 Å². The van der Waals surface area contributed by atoms with Gasteiger partial charge < -0.3 is 14.8 Å². The van der Waals surface area contributed by atoms with Crippen LogP contribution in [0.15, 0.2) is 48.5 Å². The van der Waals surface area contributed by atoms with Crippen LogP contribution in [0.3, 0.4) is 0 Å². The molecule has 0 aliphatic heterocycles. The minimum absolute atomic E-state index is 0.243. The van der Waals surface area contributed by atoms with E-state index in [2.05, 4.69) is 5.32 Å². The van der Waals surface area contributed by atoms with Crippen LogP contribution < -0.4 is 14.8 Å². The van der Waals surface area contributed by atoms with Crippen molar-refractivity contribution >= 4 is 12.0 Å². The molecule has 0 spiro atoms. The molecule has 2 aromatic rings. The lowest BCUT2D eigenvalue weighted by Crippen LogP contribution is -2.20. The van der Waals surface area contributed by atoms with Gasteiger partial charge in [-0.25, -0.2) is 4.39 Å². The molecule has 0 aliphatic rings. The second-order valence-electron chi connectivity index (χ2n) is 4.78. The zero-order valence-corrected chi connectivity index (χ0v) is 13.0. The van der Waals surface area contributed by atoms with Gasteiger partial charge in [-0.05, 0) is 35.9 Å². The van der Waals surface area contributed by atoms with E-state index in [0.717, 1.165) is 11.1 Å². The highest BCUT2D eigenvalue weighted by Gasteiger charge is 2.06. The van der Waals surface area contributed by atoms with Crippen LogP contribution in [0.25, 0.3) is 6.08 Å². The Morgan fingerprint density at radius 3 is 2.52 bits per heavy atom. The number of ether oxygens (including phenoxy) is 2. The molecule has 0 radical (unpaired) electrons. The molecular weight excluding hydrogens is 297 g/mol. The summed E-state index contributed by atoms with van der Waals surface area (Å²) in [6.07, 6.45) is 3.03.